The minimum Gasteiger partial charge on any atom is -0.491 e. The van der Waals surface area contributed by atoms with Crippen molar-refractivity contribution in [3.8, 4) is 5.75 Å². The first-order valence-electron chi connectivity index (χ1n) is 7.72. The summed E-state index contributed by atoms with van der Waals surface area (Å²) < 4.78 is 11.1. The zero-order valence-electron chi connectivity index (χ0n) is 13.7. The lowest BCUT2D eigenvalue weighted by Crippen LogP contribution is -2.18. The number of hydrogen-bond donors (Lipinski definition) is 1. The van der Waals surface area contributed by atoms with Crippen molar-refractivity contribution in [3.05, 3.63) is 42.0 Å². The van der Waals surface area contributed by atoms with Crippen molar-refractivity contribution in [1.29, 1.82) is 0 Å². The van der Waals surface area contributed by atoms with Gasteiger partial charge in [0.05, 0.1) is 13.2 Å². The van der Waals surface area contributed by atoms with Crippen molar-refractivity contribution in [2.45, 2.75) is 33.7 Å². The Labute approximate surface area is 129 Å². The molecular weight excluding hydrogens is 262 g/mol. The molecule has 0 saturated carbocycles. The van der Waals surface area contributed by atoms with Crippen molar-refractivity contribution < 1.29 is 9.47 Å². The second kappa shape index (κ2) is 10.4. The number of rotatable bonds is 11. The molecule has 0 atom stereocenters. The third-order valence-electron chi connectivity index (χ3n) is 2.97. The van der Waals surface area contributed by atoms with Crippen LogP contribution in [-0.4, -0.2) is 26.4 Å². The van der Waals surface area contributed by atoms with Crippen molar-refractivity contribution in [3.63, 3.8) is 0 Å². The predicted octanol–water partition coefficient (Wildman–Crippen LogP) is 3.79. The Hall–Kier alpha value is -1.32. The van der Waals surface area contributed by atoms with E-state index in [-0.39, 0.29) is 0 Å². The Morgan fingerprint density at radius 3 is 2.48 bits per heavy atom. The summed E-state index contributed by atoms with van der Waals surface area (Å²) in [5, 5.41) is 3.43. The van der Waals surface area contributed by atoms with Gasteiger partial charge in [0.2, 0.25) is 0 Å². The highest BCUT2D eigenvalue weighted by atomic mass is 16.5. The first-order chi connectivity index (χ1) is 10.1. The molecule has 0 bridgehead atoms. The fourth-order valence-corrected chi connectivity index (χ4v) is 1.78. The minimum absolute atomic E-state index is 0.584. The van der Waals surface area contributed by atoms with Gasteiger partial charge in [-0.2, -0.15) is 0 Å². The molecular formula is C18H29NO2. The van der Waals surface area contributed by atoms with Gasteiger partial charge in [-0.1, -0.05) is 31.6 Å². The van der Waals surface area contributed by atoms with E-state index in [1.54, 1.807) is 0 Å². The molecule has 1 aromatic carbocycles. The van der Waals surface area contributed by atoms with E-state index in [1.165, 1.54) is 5.56 Å². The Morgan fingerprint density at radius 2 is 1.86 bits per heavy atom. The van der Waals surface area contributed by atoms with Crippen LogP contribution in [0.2, 0.25) is 0 Å². The molecule has 1 rings (SSSR count). The molecule has 0 amide bonds. The summed E-state index contributed by atoms with van der Waals surface area (Å²) in [5.74, 6) is 1.57. The van der Waals surface area contributed by atoms with Gasteiger partial charge >= 0.3 is 0 Å². The third kappa shape index (κ3) is 9.27. The summed E-state index contributed by atoms with van der Waals surface area (Å²) in [6.07, 6.45) is 0.915. The maximum atomic E-state index is 5.64. The SMILES string of the molecule is C=C(C)CCOCCOc1ccc(CNCC(C)C)cc1. The molecule has 0 aliphatic rings. The van der Waals surface area contributed by atoms with Crippen LogP contribution in [0.15, 0.2) is 36.4 Å². The molecule has 0 unspecified atom stereocenters. The average Bonchev–Trinajstić information content (AvgIpc) is 2.43. The van der Waals surface area contributed by atoms with Gasteiger partial charge in [0, 0.05) is 6.54 Å². The Morgan fingerprint density at radius 1 is 1.14 bits per heavy atom. The van der Waals surface area contributed by atoms with Crippen molar-refractivity contribution >= 4 is 0 Å². The highest BCUT2D eigenvalue weighted by Gasteiger charge is 1.97. The highest BCUT2D eigenvalue weighted by molar-refractivity contribution is 5.27. The fourth-order valence-electron chi connectivity index (χ4n) is 1.78. The van der Waals surface area contributed by atoms with E-state index in [0.29, 0.717) is 19.1 Å². The minimum atomic E-state index is 0.584. The van der Waals surface area contributed by atoms with Crippen LogP contribution in [0.25, 0.3) is 0 Å². The molecule has 1 N–H and O–H groups in total. The first kappa shape index (κ1) is 17.7. The van der Waals surface area contributed by atoms with Gasteiger partial charge < -0.3 is 14.8 Å². The van der Waals surface area contributed by atoms with Crippen molar-refractivity contribution in [2.24, 2.45) is 5.92 Å². The van der Waals surface area contributed by atoms with E-state index in [1.807, 2.05) is 19.1 Å². The van der Waals surface area contributed by atoms with Crippen LogP contribution in [-0.2, 0) is 11.3 Å². The molecule has 118 valence electrons. The van der Waals surface area contributed by atoms with Gasteiger partial charge in [0.25, 0.3) is 0 Å². The van der Waals surface area contributed by atoms with Gasteiger partial charge in [-0.05, 0) is 43.5 Å². The van der Waals surface area contributed by atoms with Crippen LogP contribution in [0.1, 0.15) is 32.8 Å². The molecule has 3 heteroatoms. The molecule has 0 aliphatic carbocycles. The van der Waals surface area contributed by atoms with E-state index < -0.39 is 0 Å². The second-order valence-electron chi connectivity index (χ2n) is 5.84. The largest absolute Gasteiger partial charge is 0.491 e. The summed E-state index contributed by atoms with van der Waals surface area (Å²) in [6, 6.07) is 8.23. The number of ether oxygens (including phenoxy) is 2. The summed E-state index contributed by atoms with van der Waals surface area (Å²) >= 11 is 0. The fraction of sp³-hybridized carbons (Fsp3) is 0.556. The summed E-state index contributed by atoms with van der Waals surface area (Å²) in [5.41, 5.74) is 2.43. The molecule has 3 nitrogen and oxygen atoms in total. The highest BCUT2D eigenvalue weighted by Crippen LogP contribution is 2.12. The molecule has 1 aromatic rings. The lowest BCUT2D eigenvalue weighted by molar-refractivity contribution is 0.102. The average molecular weight is 291 g/mol. The van der Waals surface area contributed by atoms with Crippen molar-refractivity contribution in [1.82, 2.24) is 5.32 Å². The van der Waals surface area contributed by atoms with Crippen LogP contribution in [0, 0.1) is 5.92 Å². The molecule has 0 aromatic heterocycles. The van der Waals surface area contributed by atoms with Gasteiger partial charge in [0.15, 0.2) is 0 Å². The van der Waals surface area contributed by atoms with Crippen LogP contribution >= 0.6 is 0 Å². The van der Waals surface area contributed by atoms with Crippen LogP contribution in [0.4, 0.5) is 0 Å². The van der Waals surface area contributed by atoms with Crippen LogP contribution in [0.5, 0.6) is 5.75 Å². The van der Waals surface area contributed by atoms with Gasteiger partial charge in [-0.25, -0.2) is 0 Å². The molecule has 0 radical (unpaired) electrons. The summed E-state index contributed by atoms with van der Waals surface area (Å²) in [7, 11) is 0. The molecule has 0 spiro atoms. The van der Waals surface area contributed by atoms with E-state index in [9.17, 15) is 0 Å². The topological polar surface area (TPSA) is 30.5 Å². The van der Waals surface area contributed by atoms with Crippen LogP contribution in [0.3, 0.4) is 0 Å². The Balaban J connectivity index is 2.14. The first-order valence-corrected chi connectivity index (χ1v) is 7.72. The maximum Gasteiger partial charge on any atom is 0.119 e. The number of hydrogen-bond acceptors (Lipinski definition) is 3. The van der Waals surface area contributed by atoms with E-state index in [2.05, 4.69) is 37.9 Å². The lowest BCUT2D eigenvalue weighted by atomic mass is 10.2. The molecule has 0 aliphatic heterocycles. The lowest BCUT2D eigenvalue weighted by Gasteiger charge is -2.09. The standard InChI is InChI=1S/C18H29NO2/c1-15(2)9-10-20-11-12-21-18-7-5-17(6-8-18)14-19-13-16(3)4/h5-8,16,19H,1,9-14H2,2-4H3. The van der Waals surface area contributed by atoms with Gasteiger partial charge in [-0.15, -0.1) is 6.58 Å². The predicted molar refractivity (Wildman–Crippen MR) is 88.7 cm³/mol. The zero-order valence-corrected chi connectivity index (χ0v) is 13.7. The molecule has 0 heterocycles. The molecule has 0 saturated heterocycles. The Kier molecular flexibility index (Phi) is 8.79. The van der Waals surface area contributed by atoms with E-state index in [0.717, 1.165) is 37.4 Å². The van der Waals surface area contributed by atoms with E-state index >= 15 is 0 Å². The summed E-state index contributed by atoms with van der Waals surface area (Å²) in [4.78, 5) is 0. The number of benzene rings is 1. The monoisotopic (exact) mass is 291 g/mol. The Bertz CT molecular complexity index is 398. The van der Waals surface area contributed by atoms with Crippen LogP contribution < -0.4 is 10.1 Å². The zero-order chi connectivity index (χ0) is 15.5. The maximum absolute atomic E-state index is 5.64. The quantitative estimate of drug-likeness (QED) is 0.497. The normalized spacial score (nSPS) is 10.9. The van der Waals surface area contributed by atoms with Gasteiger partial charge in [-0.3, -0.25) is 0 Å². The third-order valence-corrected chi connectivity index (χ3v) is 2.97. The van der Waals surface area contributed by atoms with Gasteiger partial charge in [0.1, 0.15) is 12.4 Å². The number of nitrogens with one attached hydrogen (secondary N) is 1. The smallest absolute Gasteiger partial charge is 0.119 e. The second-order valence-corrected chi connectivity index (χ2v) is 5.84. The van der Waals surface area contributed by atoms with Crippen molar-refractivity contribution in [2.75, 3.05) is 26.4 Å². The molecule has 21 heavy (non-hydrogen) atoms. The van der Waals surface area contributed by atoms with E-state index in [4.69, 9.17) is 9.47 Å². The summed E-state index contributed by atoms with van der Waals surface area (Å²) in [6.45, 7) is 14.1. The molecule has 0 fully saturated rings.